The Morgan fingerprint density at radius 1 is 1.62 bits per heavy atom. The molecular weight excluding hydrogens is 210 g/mol. The summed E-state index contributed by atoms with van der Waals surface area (Å²) >= 11 is 0. The van der Waals surface area contributed by atoms with E-state index in [0.29, 0.717) is 12.3 Å². The predicted octanol–water partition coefficient (Wildman–Crippen LogP) is -0.329. The molecule has 90 valence electrons. The minimum Gasteiger partial charge on any atom is -0.373 e. The molecule has 0 amide bonds. The van der Waals surface area contributed by atoms with Gasteiger partial charge in [-0.05, 0) is 33.5 Å². The summed E-state index contributed by atoms with van der Waals surface area (Å²) in [6.45, 7) is 3.07. The normalized spacial score (nSPS) is 11.0. The summed E-state index contributed by atoms with van der Waals surface area (Å²) in [5, 5.41) is 0. The van der Waals surface area contributed by atoms with Gasteiger partial charge in [0.1, 0.15) is 5.76 Å². The highest BCUT2D eigenvalue weighted by molar-refractivity contribution is 5.79. The lowest BCUT2D eigenvalue weighted by molar-refractivity contribution is 0.0730. The standard InChI is InChI=1S/C10H17N3O3/c1-8-6-9(14)13(16-8)10(15)7-12(2)5-3-4-11/h6H,3-5,7,11H2,1-2H3. The molecule has 0 aliphatic rings. The van der Waals surface area contributed by atoms with E-state index < -0.39 is 5.56 Å². The first kappa shape index (κ1) is 12.7. The smallest absolute Gasteiger partial charge is 0.290 e. The molecule has 0 aliphatic heterocycles. The maximum absolute atomic E-state index is 11.6. The fourth-order valence-electron chi connectivity index (χ4n) is 1.36. The van der Waals surface area contributed by atoms with E-state index in [4.69, 9.17) is 10.3 Å². The number of rotatable bonds is 5. The third-order valence-electron chi connectivity index (χ3n) is 2.14. The highest BCUT2D eigenvalue weighted by Crippen LogP contribution is 1.94. The van der Waals surface area contributed by atoms with E-state index in [2.05, 4.69) is 0 Å². The maximum Gasteiger partial charge on any atom is 0.290 e. The summed E-state index contributed by atoms with van der Waals surface area (Å²) in [5.41, 5.74) is 4.94. The van der Waals surface area contributed by atoms with Gasteiger partial charge in [-0.25, -0.2) is 0 Å². The molecule has 0 unspecified atom stereocenters. The molecule has 1 aromatic rings. The topological polar surface area (TPSA) is 81.5 Å². The first-order valence-electron chi connectivity index (χ1n) is 5.16. The Bertz CT molecular complexity index is 408. The van der Waals surface area contributed by atoms with E-state index in [0.717, 1.165) is 17.7 Å². The average molecular weight is 227 g/mol. The lowest BCUT2D eigenvalue weighted by atomic mass is 10.4. The van der Waals surface area contributed by atoms with Crippen molar-refractivity contribution in [2.24, 2.45) is 5.73 Å². The van der Waals surface area contributed by atoms with Crippen LogP contribution in [0.25, 0.3) is 0 Å². The minimum atomic E-state index is -0.422. The first-order chi connectivity index (χ1) is 7.54. The average Bonchev–Trinajstić information content (AvgIpc) is 2.54. The summed E-state index contributed by atoms with van der Waals surface area (Å²) in [6.07, 6.45) is 0.815. The van der Waals surface area contributed by atoms with Gasteiger partial charge in [0.25, 0.3) is 11.5 Å². The number of aryl methyl sites for hydroxylation is 1. The minimum absolute atomic E-state index is 0.146. The van der Waals surface area contributed by atoms with Crippen LogP contribution >= 0.6 is 0 Å². The van der Waals surface area contributed by atoms with Crippen LogP contribution < -0.4 is 11.3 Å². The van der Waals surface area contributed by atoms with Crippen LogP contribution in [0.4, 0.5) is 0 Å². The summed E-state index contributed by atoms with van der Waals surface area (Å²) < 4.78 is 5.77. The Morgan fingerprint density at radius 2 is 2.31 bits per heavy atom. The Morgan fingerprint density at radius 3 is 2.81 bits per heavy atom. The highest BCUT2D eigenvalue weighted by Gasteiger charge is 2.13. The van der Waals surface area contributed by atoms with E-state index in [-0.39, 0.29) is 12.5 Å². The second kappa shape index (κ2) is 5.62. The Hall–Kier alpha value is -1.40. The second-order valence-electron chi connectivity index (χ2n) is 3.75. The van der Waals surface area contributed by atoms with Crippen molar-refractivity contribution < 1.29 is 9.32 Å². The Balaban J connectivity index is 2.59. The Kier molecular flexibility index (Phi) is 4.45. The molecule has 2 N–H and O–H groups in total. The van der Waals surface area contributed by atoms with Crippen LogP contribution in [0.15, 0.2) is 15.4 Å². The summed E-state index contributed by atoms with van der Waals surface area (Å²) in [7, 11) is 1.80. The van der Waals surface area contributed by atoms with Crippen molar-refractivity contribution in [2.45, 2.75) is 13.3 Å². The lowest BCUT2D eigenvalue weighted by Gasteiger charge is -2.13. The summed E-state index contributed by atoms with van der Waals surface area (Å²) in [4.78, 5) is 24.7. The van der Waals surface area contributed by atoms with Gasteiger partial charge in [-0.1, -0.05) is 0 Å². The van der Waals surface area contributed by atoms with Crippen molar-refractivity contribution in [3.8, 4) is 0 Å². The molecule has 6 nitrogen and oxygen atoms in total. The number of nitrogens with two attached hydrogens (primary N) is 1. The molecule has 0 bridgehead atoms. The van der Waals surface area contributed by atoms with E-state index in [1.165, 1.54) is 6.07 Å². The number of hydrogen-bond acceptors (Lipinski definition) is 5. The SMILES string of the molecule is Cc1cc(=O)n(C(=O)CN(C)CCCN)o1. The van der Waals surface area contributed by atoms with Crippen LogP contribution in [0.3, 0.4) is 0 Å². The third-order valence-corrected chi connectivity index (χ3v) is 2.14. The molecule has 1 rings (SSSR count). The van der Waals surface area contributed by atoms with Gasteiger partial charge >= 0.3 is 0 Å². The number of likely N-dealkylation sites (N-methyl/N-ethyl adjacent to an activating group) is 1. The first-order valence-corrected chi connectivity index (χ1v) is 5.16. The van der Waals surface area contributed by atoms with Crippen molar-refractivity contribution in [1.82, 2.24) is 9.64 Å². The van der Waals surface area contributed by atoms with E-state index in [1.54, 1.807) is 18.9 Å². The van der Waals surface area contributed by atoms with Gasteiger partial charge in [-0.3, -0.25) is 14.5 Å². The van der Waals surface area contributed by atoms with Crippen molar-refractivity contribution >= 4 is 5.91 Å². The molecule has 0 fully saturated rings. The molecule has 0 radical (unpaired) electrons. The number of carbonyl (C=O) groups is 1. The highest BCUT2D eigenvalue weighted by atomic mass is 16.5. The van der Waals surface area contributed by atoms with Crippen LogP contribution in [0.1, 0.15) is 17.0 Å². The van der Waals surface area contributed by atoms with Gasteiger partial charge in [0.2, 0.25) is 0 Å². The predicted molar refractivity (Wildman–Crippen MR) is 59.5 cm³/mol. The fraction of sp³-hybridized carbons (Fsp3) is 0.600. The molecule has 0 atom stereocenters. The molecular formula is C10H17N3O3. The maximum atomic E-state index is 11.6. The molecule has 1 aromatic heterocycles. The number of carbonyl (C=O) groups excluding carboxylic acids is 1. The molecule has 16 heavy (non-hydrogen) atoms. The van der Waals surface area contributed by atoms with Crippen molar-refractivity contribution in [1.29, 1.82) is 0 Å². The van der Waals surface area contributed by atoms with Crippen LogP contribution in [-0.2, 0) is 0 Å². The quantitative estimate of drug-likeness (QED) is 0.745. The fourth-order valence-corrected chi connectivity index (χ4v) is 1.36. The van der Waals surface area contributed by atoms with E-state index in [1.807, 2.05) is 0 Å². The second-order valence-corrected chi connectivity index (χ2v) is 3.75. The Labute approximate surface area is 93.6 Å². The number of nitrogens with zero attached hydrogens (tertiary/aromatic N) is 2. The largest absolute Gasteiger partial charge is 0.373 e. The molecule has 0 saturated heterocycles. The molecule has 0 saturated carbocycles. The zero-order chi connectivity index (χ0) is 12.1. The van der Waals surface area contributed by atoms with Crippen molar-refractivity contribution in [3.05, 3.63) is 22.2 Å². The van der Waals surface area contributed by atoms with E-state index >= 15 is 0 Å². The van der Waals surface area contributed by atoms with Gasteiger partial charge in [0.05, 0.1) is 6.54 Å². The molecule has 0 aliphatic carbocycles. The molecule has 1 heterocycles. The zero-order valence-corrected chi connectivity index (χ0v) is 9.60. The van der Waals surface area contributed by atoms with Crippen LogP contribution in [0.2, 0.25) is 0 Å². The van der Waals surface area contributed by atoms with E-state index in [9.17, 15) is 9.59 Å². The summed E-state index contributed by atoms with van der Waals surface area (Å²) in [5.74, 6) is 0.0700. The van der Waals surface area contributed by atoms with Gasteiger partial charge in [-0.2, -0.15) is 0 Å². The van der Waals surface area contributed by atoms with Gasteiger partial charge in [0, 0.05) is 6.07 Å². The van der Waals surface area contributed by atoms with Crippen LogP contribution in [-0.4, -0.2) is 42.2 Å². The molecule has 0 spiro atoms. The number of aromatic nitrogens is 1. The number of hydrogen-bond donors (Lipinski definition) is 1. The van der Waals surface area contributed by atoms with Gasteiger partial charge in [0.15, 0.2) is 0 Å². The van der Waals surface area contributed by atoms with Crippen LogP contribution in [0, 0.1) is 6.92 Å². The zero-order valence-electron chi connectivity index (χ0n) is 9.60. The lowest BCUT2D eigenvalue weighted by Crippen LogP contribution is -2.34. The van der Waals surface area contributed by atoms with Crippen molar-refractivity contribution in [3.63, 3.8) is 0 Å². The van der Waals surface area contributed by atoms with Gasteiger partial charge in [-0.15, -0.1) is 4.74 Å². The van der Waals surface area contributed by atoms with Crippen LogP contribution in [0.5, 0.6) is 0 Å². The molecule has 6 heteroatoms. The molecule has 0 aromatic carbocycles. The van der Waals surface area contributed by atoms with Gasteiger partial charge < -0.3 is 10.3 Å². The third kappa shape index (κ3) is 3.32. The summed E-state index contributed by atoms with van der Waals surface area (Å²) in [6, 6.07) is 1.29. The monoisotopic (exact) mass is 227 g/mol. The van der Waals surface area contributed by atoms with Crippen molar-refractivity contribution in [2.75, 3.05) is 26.7 Å².